The van der Waals surface area contributed by atoms with Crippen molar-refractivity contribution >= 4 is 5.91 Å². The molecule has 6 heteroatoms. The van der Waals surface area contributed by atoms with Gasteiger partial charge >= 0.3 is 0 Å². The van der Waals surface area contributed by atoms with Gasteiger partial charge in [-0.15, -0.1) is 0 Å². The number of amides is 1. The Morgan fingerprint density at radius 2 is 1.97 bits per heavy atom. The first-order valence-corrected chi connectivity index (χ1v) is 9.87. The van der Waals surface area contributed by atoms with E-state index in [0.717, 1.165) is 17.1 Å². The van der Waals surface area contributed by atoms with Crippen molar-refractivity contribution in [3.8, 4) is 11.4 Å². The molecule has 0 aliphatic heterocycles. The molecule has 4 rings (SSSR count). The van der Waals surface area contributed by atoms with E-state index < -0.39 is 0 Å². The first-order chi connectivity index (χ1) is 14.1. The molecule has 1 fully saturated rings. The molecule has 1 heterocycles. The third-order valence-corrected chi connectivity index (χ3v) is 5.14. The number of halogens is 1. The van der Waals surface area contributed by atoms with Crippen molar-refractivity contribution in [3.05, 3.63) is 77.4 Å². The highest BCUT2D eigenvalue weighted by Gasteiger charge is 2.28. The van der Waals surface area contributed by atoms with E-state index in [1.807, 2.05) is 28.9 Å². The van der Waals surface area contributed by atoms with E-state index in [9.17, 15) is 9.18 Å². The van der Waals surface area contributed by atoms with Gasteiger partial charge in [0.1, 0.15) is 11.6 Å². The van der Waals surface area contributed by atoms with Crippen LogP contribution in [0, 0.1) is 5.82 Å². The van der Waals surface area contributed by atoms with Gasteiger partial charge in [-0.3, -0.25) is 4.79 Å². The summed E-state index contributed by atoms with van der Waals surface area (Å²) in [4.78, 5) is 12.2. The fraction of sp³-hybridized carbons (Fsp3) is 0.304. The van der Waals surface area contributed by atoms with Gasteiger partial charge in [0.05, 0.1) is 18.5 Å². The molecule has 3 aromatic rings. The minimum absolute atomic E-state index is 0.111. The summed E-state index contributed by atoms with van der Waals surface area (Å²) in [5, 5.41) is 7.52. The van der Waals surface area contributed by atoms with Crippen molar-refractivity contribution < 1.29 is 13.9 Å². The highest BCUT2D eigenvalue weighted by molar-refractivity contribution is 5.76. The van der Waals surface area contributed by atoms with Gasteiger partial charge in [0.25, 0.3) is 0 Å². The second-order valence-corrected chi connectivity index (χ2v) is 7.31. The first kappa shape index (κ1) is 19.2. The van der Waals surface area contributed by atoms with Crippen molar-refractivity contribution in [2.45, 2.75) is 38.1 Å². The predicted octanol–water partition coefficient (Wildman–Crippen LogP) is 4.15. The molecule has 1 aromatic heterocycles. The number of ether oxygens (including phenoxy) is 1. The van der Waals surface area contributed by atoms with Crippen molar-refractivity contribution in [1.82, 2.24) is 15.1 Å². The summed E-state index contributed by atoms with van der Waals surface area (Å²) in [6.45, 7) is 0.194. The molecule has 2 aromatic carbocycles. The van der Waals surface area contributed by atoms with E-state index in [1.54, 1.807) is 25.3 Å². The first-order valence-electron chi connectivity index (χ1n) is 9.87. The zero-order chi connectivity index (χ0) is 20.2. The average Bonchev–Trinajstić information content (AvgIpc) is 3.51. The number of carbonyl (C=O) groups is 1. The molecule has 1 amide bonds. The molecule has 5 nitrogen and oxygen atoms in total. The lowest BCUT2D eigenvalue weighted by Crippen LogP contribution is -2.23. The van der Waals surface area contributed by atoms with E-state index in [4.69, 9.17) is 9.84 Å². The Bertz CT molecular complexity index is 994. The lowest BCUT2D eigenvalue weighted by Gasteiger charge is -2.07. The highest BCUT2D eigenvalue weighted by Crippen LogP contribution is 2.41. The van der Waals surface area contributed by atoms with E-state index in [0.29, 0.717) is 24.3 Å². The minimum Gasteiger partial charge on any atom is -0.497 e. The summed E-state index contributed by atoms with van der Waals surface area (Å²) in [6.07, 6.45) is 3.21. The number of carbonyl (C=O) groups excluding carboxylic acids is 1. The van der Waals surface area contributed by atoms with Crippen LogP contribution in [0.5, 0.6) is 5.75 Å². The predicted molar refractivity (Wildman–Crippen MR) is 109 cm³/mol. The van der Waals surface area contributed by atoms with Crippen LogP contribution in [0.25, 0.3) is 5.69 Å². The van der Waals surface area contributed by atoms with E-state index in [1.165, 1.54) is 24.6 Å². The topological polar surface area (TPSA) is 56.2 Å². The Kier molecular flexibility index (Phi) is 5.60. The van der Waals surface area contributed by atoms with Gasteiger partial charge in [0.2, 0.25) is 5.91 Å². The molecule has 1 aliphatic carbocycles. The lowest BCUT2D eigenvalue weighted by atomic mass is 10.2. The molecule has 150 valence electrons. The molecule has 0 unspecified atom stereocenters. The number of hydrogen-bond donors (Lipinski definition) is 1. The fourth-order valence-electron chi connectivity index (χ4n) is 3.33. The maximum absolute atomic E-state index is 13.7. The molecule has 0 bridgehead atoms. The summed E-state index contributed by atoms with van der Waals surface area (Å²) in [6, 6.07) is 16.4. The fourth-order valence-corrected chi connectivity index (χ4v) is 3.33. The summed E-state index contributed by atoms with van der Waals surface area (Å²) >= 11 is 0. The van der Waals surface area contributed by atoms with Crippen LogP contribution in [0.1, 0.15) is 42.1 Å². The quantitative estimate of drug-likeness (QED) is 0.626. The van der Waals surface area contributed by atoms with Crippen LogP contribution < -0.4 is 10.1 Å². The number of benzene rings is 2. The molecule has 0 spiro atoms. The molecule has 1 N–H and O–H groups in total. The molecule has 1 aliphatic rings. The zero-order valence-corrected chi connectivity index (χ0v) is 16.4. The smallest absolute Gasteiger partial charge is 0.220 e. The Morgan fingerprint density at radius 1 is 1.21 bits per heavy atom. The average molecular weight is 393 g/mol. The number of methoxy groups -OCH3 is 1. The Labute approximate surface area is 169 Å². The summed E-state index contributed by atoms with van der Waals surface area (Å²) in [5.41, 5.74) is 3.56. The summed E-state index contributed by atoms with van der Waals surface area (Å²) in [7, 11) is 1.65. The maximum Gasteiger partial charge on any atom is 0.220 e. The summed E-state index contributed by atoms with van der Waals surface area (Å²) < 4.78 is 20.9. The molecule has 29 heavy (non-hydrogen) atoms. The Hall–Kier alpha value is -3.15. The number of nitrogens with zero attached hydrogens (tertiary/aromatic N) is 2. The monoisotopic (exact) mass is 393 g/mol. The molecule has 0 atom stereocenters. The standard InChI is InChI=1S/C23H24FN3O2/c1-29-20-11-9-19(10-12-20)27-22(16-6-7-16)14-18(26-27)8-13-23(28)25-15-17-4-2-3-5-21(17)24/h2-5,9-12,14,16H,6-8,13,15H2,1H3,(H,25,28). The zero-order valence-electron chi connectivity index (χ0n) is 16.4. The van der Waals surface area contributed by atoms with Crippen molar-refractivity contribution in [3.63, 3.8) is 0 Å². The van der Waals surface area contributed by atoms with E-state index in [-0.39, 0.29) is 18.3 Å². The Morgan fingerprint density at radius 3 is 2.66 bits per heavy atom. The molecule has 0 saturated heterocycles. The van der Waals surface area contributed by atoms with Gasteiger partial charge in [0.15, 0.2) is 0 Å². The second-order valence-electron chi connectivity index (χ2n) is 7.31. The normalized spacial score (nSPS) is 13.3. The number of nitrogens with one attached hydrogen (secondary N) is 1. The second kappa shape index (κ2) is 8.47. The lowest BCUT2D eigenvalue weighted by molar-refractivity contribution is -0.121. The van der Waals surface area contributed by atoms with E-state index in [2.05, 4.69) is 11.4 Å². The molecule has 0 radical (unpaired) electrons. The maximum atomic E-state index is 13.7. The number of aromatic nitrogens is 2. The highest BCUT2D eigenvalue weighted by atomic mass is 19.1. The minimum atomic E-state index is -0.305. The largest absolute Gasteiger partial charge is 0.497 e. The van der Waals surface area contributed by atoms with Crippen molar-refractivity contribution in [2.75, 3.05) is 7.11 Å². The van der Waals surface area contributed by atoms with Crippen molar-refractivity contribution in [2.24, 2.45) is 0 Å². The van der Waals surface area contributed by atoms with Crippen LogP contribution in [0.2, 0.25) is 0 Å². The van der Waals surface area contributed by atoms with Gasteiger partial charge in [0, 0.05) is 36.6 Å². The SMILES string of the molecule is COc1ccc(-n2nc(CCC(=O)NCc3ccccc3F)cc2C2CC2)cc1. The van der Waals surface area contributed by atoms with Gasteiger partial charge in [-0.25, -0.2) is 9.07 Å². The van der Waals surface area contributed by atoms with Crippen LogP contribution >= 0.6 is 0 Å². The van der Waals surface area contributed by atoms with Crippen LogP contribution in [-0.4, -0.2) is 22.8 Å². The van der Waals surface area contributed by atoms with Crippen molar-refractivity contribution in [1.29, 1.82) is 0 Å². The molecular formula is C23H24FN3O2. The van der Waals surface area contributed by atoms with Gasteiger partial charge in [-0.05, 0) is 49.2 Å². The summed E-state index contributed by atoms with van der Waals surface area (Å²) in [5.74, 6) is 0.925. The van der Waals surface area contributed by atoms with Crippen LogP contribution in [0.4, 0.5) is 4.39 Å². The third kappa shape index (κ3) is 4.65. The molecule has 1 saturated carbocycles. The van der Waals surface area contributed by atoms with Crippen LogP contribution in [0.15, 0.2) is 54.6 Å². The van der Waals surface area contributed by atoms with Gasteiger partial charge in [-0.2, -0.15) is 5.10 Å². The van der Waals surface area contributed by atoms with E-state index >= 15 is 0 Å². The molecular weight excluding hydrogens is 369 g/mol. The van der Waals surface area contributed by atoms with Crippen LogP contribution in [-0.2, 0) is 17.8 Å². The van der Waals surface area contributed by atoms with Gasteiger partial charge < -0.3 is 10.1 Å². The third-order valence-electron chi connectivity index (χ3n) is 5.14. The Balaban J connectivity index is 1.40. The van der Waals surface area contributed by atoms with Crippen LogP contribution in [0.3, 0.4) is 0 Å². The number of aryl methyl sites for hydroxylation is 1. The number of rotatable bonds is 8. The van der Waals surface area contributed by atoms with Gasteiger partial charge in [-0.1, -0.05) is 18.2 Å². The number of hydrogen-bond acceptors (Lipinski definition) is 3.